The fraction of sp³-hybridized carbons (Fsp3) is 0.524. The number of hydrogen-bond donors (Lipinski definition) is 1. The van der Waals surface area contributed by atoms with E-state index < -0.39 is 34.7 Å². The first-order chi connectivity index (χ1) is 13.7. The molecule has 8 heteroatoms. The van der Waals surface area contributed by atoms with Crippen molar-refractivity contribution in [1.82, 2.24) is 15.1 Å². The zero-order valence-corrected chi connectivity index (χ0v) is 15.7. The maximum absolute atomic E-state index is 13.9. The lowest BCUT2D eigenvalue weighted by Crippen LogP contribution is -2.59. The number of nitrogens with one attached hydrogen (secondary N) is 1. The lowest BCUT2D eigenvalue weighted by Gasteiger charge is -2.56. The summed E-state index contributed by atoms with van der Waals surface area (Å²) in [7, 11) is 0. The molecule has 4 bridgehead atoms. The Hall–Kier alpha value is -2.38. The lowest BCUT2D eigenvalue weighted by molar-refractivity contribution is -0.143. The summed E-state index contributed by atoms with van der Waals surface area (Å²) in [6.07, 6.45) is 2.23. The Kier molecular flexibility index (Phi) is 4.05. The molecule has 1 aromatic carbocycles. The van der Waals surface area contributed by atoms with E-state index in [1.165, 1.54) is 31.4 Å². The minimum absolute atomic E-state index is 0.0487. The van der Waals surface area contributed by atoms with Crippen LogP contribution in [0.1, 0.15) is 54.6 Å². The summed E-state index contributed by atoms with van der Waals surface area (Å²) in [4.78, 5) is 13.0. The minimum Gasteiger partial charge on any atom is -0.346 e. The number of rotatable bonds is 3. The van der Waals surface area contributed by atoms with Gasteiger partial charge in [0.25, 0.3) is 5.91 Å². The van der Waals surface area contributed by atoms with Gasteiger partial charge in [-0.1, -0.05) is 0 Å². The monoisotopic (exact) mass is 407 g/mol. The summed E-state index contributed by atoms with van der Waals surface area (Å²) in [5, 5.41) is 6.79. The van der Waals surface area contributed by atoms with Crippen LogP contribution in [-0.2, 0) is 6.18 Å². The third-order valence-electron chi connectivity index (χ3n) is 6.77. The molecule has 4 fully saturated rings. The van der Waals surface area contributed by atoms with E-state index in [4.69, 9.17) is 0 Å². The number of alkyl halides is 3. The second kappa shape index (κ2) is 6.31. The average Bonchev–Trinajstić information content (AvgIpc) is 3.06. The molecule has 0 saturated heterocycles. The summed E-state index contributed by atoms with van der Waals surface area (Å²) in [5.41, 5.74) is -1.97. The Balaban J connectivity index is 1.48. The van der Waals surface area contributed by atoms with Crippen LogP contribution in [-0.4, -0.2) is 21.2 Å². The van der Waals surface area contributed by atoms with E-state index in [0.717, 1.165) is 37.6 Å². The van der Waals surface area contributed by atoms with Gasteiger partial charge in [-0.25, -0.2) is 9.07 Å². The van der Waals surface area contributed by atoms with E-state index in [1.807, 2.05) is 0 Å². The molecule has 1 aromatic heterocycles. The van der Waals surface area contributed by atoms with Gasteiger partial charge >= 0.3 is 6.18 Å². The molecular formula is C21H21F4N3O. The molecule has 154 valence electrons. The molecule has 0 radical (unpaired) electrons. The van der Waals surface area contributed by atoms with Gasteiger partial charge in [-0.05, 0) is 80.5 Å². The number of benzene rings is 1. The van der Waals surface area contributed by atoms with Crippen molar-refractivity contribution in [2.75, 3.05) is 0 Å². The zero-order chi connectivity index (χ0) is 20.4. The number of amides is 1. The number of nitrogens with zero attached hydrogens (tertiary/aromatic N) is 2. The third-order valence-corrected chi connectivity index (χ3v) is 6.77. The third kappa shape index (κ3) is 3.22. The van der Waals surface area contributed by atoms with Gasteiger partial charge in [-0.2, -0.15) is 18.3 Å². The van der Waals surface area contributed by atoms with Crippen LogP contribution in [0.2, 0.25) is 0 Å². The maximum atomic E-state index is 13.9. The first-order valence-electron chi connectivity index (χ1n) is 9.96. The van der Waals surface area contributed by atoms with Gasteiger partial charge in [0.05, 0.1) is 17.4 Å². The fourth-order valence-electron chi connectivity index (χ4n) is 6.14. The van der Waals surface area contributed by atoms with Gasteiger partial charge in [0.1, 0.15) is 5.82 Å². The molecule has 2 aromatic rings. The van der Waals surface area contributed by atoms with Crippen LogP contribution in [0, 0.1) is 23.6 Å². The zero-order valence-electron chi connectivity index (χ0n) is 15.7. The second-order valence-electron chi connectivity index (χ2n) is 8.94. The SMILES string of the molecule is O=C(NC12CC3CC(CC(C3)C1)C2)c1cnn(-c2ccc(F)cc2)c1C(F)(F)F. The summed E-state index contributed by atoms with van der Waals surface area (Å²) in [6, 6.07) is 4.54. The molecule has 0 atom stereocenters. The Bertz CT molecular complexity index is 913. The quantitative estimate of drug-likeness (QED) is 0.748. The number of hydrogen-bond acceptors (Lipinski definition) is 2. The molecule has 4 saturated carbocycles. The first-order valence-corrected chi connectivity index (χ1v) is 9.96. The molecule has 1 heterocycles. The van der Waals surface area contributed by atoms with Crippen molar-refractivity contribution in [2.45, 2.75) is 50.2 Å². The molecule has 4 aliphatic rings. The van der Waals surface area contributed by atoms with Crippen molar-refractivity contribution in [3.05, 3.63) is 47.5 Å². The van der Waals surface area contributed by atoms with Gasteiger partial charge in [-0.3, -0.25) is 4.79 Å². The predicted octanol–water partition coefficient (Wildman–Crippen LogP) is 4.73. The highest BCUT2D eigenvalue weighted by Crippen LogP contribution is 2.55. The van der Waals surface area contributed by atoms with Crippen molar-refractivity contribution in [1.29, 1.82) is 0 Å². The summed E-state index contributed by atoms with van der Waals surface area (Å²) < 4.78 is 55.4. The summed E-state index contributed by atoms with van der Waals surface area (Å²) >= 11 is 0. The highest BCUT2D eigenvalue weighted by Gasteiger charge is 2.52. The molecule has 0 spiro atoms. The molecule has 0 unspecified atom stereocenters. The highest BCUT2D eigenvalue weighted by molar-refractivity contribution is 5.96. The topological polar surface area (TPSA) is 46.9 Å². The van der Waals surface area contributed by atoms with Crippen LogP contribution in [0.25, 0.3) is 5.69 Å². The van der Waals surface area contributed by atoms with Crippen LogP contribution >= 0.6 is 0 Å². The van der Waals surface area contributed by atoms with E-state index in [9.17, 15) is 22.4 Å². The number of carbonyl (C=O) groups is 1. The largest absolute Gasteiger partial charge is 0.434 e. The van der Waals surface area contributed by atoms with E-state index in [2.05, 4.69) is 10.4 Å². The van der Waals surface area contributed by atoms with Crippen LogP contribution in [0.4, 0.5) is 17.6 Å². The van der Waals surface area contributed by atoms with E-state index in [1.54, 1.807) is 0 Å². The minimum atomic E-state index is -4.78. The molecule has 29 heavy (non-hydrogen) atoms. The van der Waals surface area contributed by atoms with E-state index >= 15 is 0 Å². The van der Waals surface area contributed by atoms with Gasteiger partial charge < -0.3 is 5.32 Å². The van der Waals surface area contributed by atoms with Crippen molar-refractivity contribution >= 4 is 5.91 Å². The molecule has 4 aliphatic carbocycles. The standard InChI is InChI=1S/C21H21F4N3O/c22-15-1-3-16(4-2-15)28-18(21(23,24)25)17(11-26-28)19(29)27-20-8-12-5-13(9-20)7-14(6-12)10-20/h1-4,11-14H,5-10H2,(H,27,29). The molecule has 6 rings (SSSR count). The Morgan fingerprint density at radius 3 is 2.10 bits per heavy atom. The maximum Gasteiger partial charge on any atom is 0.434 e. The number of carbonyl (C=O) groups excluding carboxylic acids is 1. The lowest BCUT2D eigenvalue weighted by atomic mass is 9.53. The highest BCUT2D eigenvalue weighted by atomic mass is 19.4. The van der Waals surface area contributed by atoms with Crippen LogP contribution < -0.4 is 5.32 Å². The van der Waals surface area contributed by atoms with Gasteiger partial charge in [0, 0.05) is 5.54 Å². The smallest absolute Gasteiger partial charge is 0.346 e. The summed E-state index contributed by atoms with van der Waals surface area (Å²) in [6.45, 7) is 0. The molecular weight excluding hydrogens is 386 g/mol. The average molecular weight is 407 g/mol. The molecule has 1 amide bonds. The van der Waals surface area contributed by atoms with E-state index in [-0.39, 0.29) is 5.69 Å². The molecule has 4 nitrogen and oxygen atoms in total. The van der Waals surface area contributed by atoms with Crippen molar-refractivity contribution in [2.24, 2.45) is 17.8 Å². The molecule has 1 N–H and O–H groups in total. The van der Waals surface area contributed by atoms with Gasteiger partial charge in [0.15, 0.2) is 5.69 Å². The Morgan fingerprint density at radius 1 is 1.03 bits per heavy atom. The van der Waals surface area contributed by atoms with Gasteiger partial charge in [-0.15, -0.1) is 0 Å². The van der Waals surface area contributed by atoms with Crippen LogP contribution in [0.5, 0.6) is 0 Å². The normalized spacial score (nSPS) is 30.6. The van der Waals surface area contributed by atoms with Gasteiger partial charge in [0.2, 0.25) is 0 Å². The van der Waals surface area contributed by atoms with Crippen LogP contribution in [0.15, 0.2) is 30.5 Å². The van der Waals surface area contributed by atoms with E-state index in [0.29, 0.717) is 22.4 Å². The molecule has 0 aliphatic heterocycles. The number of aromatic nitrogens is 2. The second-order valence-corrected chi connectivity index (χ2v) is 8.94. The van der Waals surface area contributed by atoms with Crippen molar-refractivity contribution in [3.63, 3.8) is 0 Å². The van der Waals surface area contributed by atoms with Crippen molar-refractivity contribution in [3.8, 4) is 5.69 Å². The Morgan fingerprint density at radius 2 is 1.59 bits per heavy atom. The Labute approximate surface area is 165 Å². The van der Waals surface area contributed by atoms with Crippen LogP contribution in [0.3, 0.4) is 0 Å². The predicted molar refractivity (Wildman–Crippen MR) is 96.9 cm³/mol. The fourth-order valence-corrected chi connectivity index (χ4v) is 6.14. The first kappa shape index (κ1) is 18.6. The summed E-state index contributed by atoms with van der Waals surface area (Å²) in [5.74, 6) is 0.392. The van der Waals surface area contributed by atoms with Crippen molar-refractivity contribution < 1.29 is 22.4 Å². The number of halogens is 4.